The van der Waals surface area contributed by atoms with Gasteiger partial charge in [-0.1, -0.05) is 29.8 Å². The number of nitrogens with zero attached hydrogens (tertiary/aromatic N) is 1. The molecule has 0 aromatic heterocycles. The van der Waals surface area contributed by atoms with E-state index in [0.717, 1.165) is 31.5 Å². The van der Waals surface area contributed by atoms with Crippen LogP contribution in [0.2, 0.25) is 0 Å². The van der Waals surface area contributed by atoms with Gasteiger partial charge in [-0.2, -0.15) is 0 Å². The van der Waals surface area contributed by atoms with Crippen LogP contribution in [-0.4, -0.2) is 18.0 Å². The number of allylic oxidation sites excluding steroid dienone is 2. The molecule has 0 bridgehead atoms. The van der Waals surface area contributed by atoms with Gasteiger partial charge in [0.2, 0.25) is 0 Å². The fraction of sp³-hybridized carbons (Fsp3) is 0.412. The molecule has 1 aromatic carbocycles. The molecule has 0 radical (unpaired) electrons. The normalized spacial score (nSPS) is 22.6. The van der Waals surface area contributed by atoms with E-state index in [9.17, 15) is 4.79 Å². The summed E-state index contributed by atoms with van der Waals surface area (Å²) < 4.78 is 0. The largest absolute Gasteiger partial charge is 0.295 e. The predicted octanol–water partition coefficient (Wildman–Crippen LogP) is 3.29. The van der Waals surface area contributed by atoms with E-state index in [0.29, 0.717) is 12.3 Å². The van der Waals surface area contributed by atoms with Crippen molar-refractivity contribution in [3.05, 3.63) is 47.0 Å². The van der Waals surface area contributed by atoms with E-state index < -0.39 is 0 Å². The number of carbonyl (C=O) groups is 1. The highest BCUT2D eigenvalue weighted by atomic mass is 16.1. The monoisotopic (exact) mass is 253 g/mol. The molecule has 19 heavy (non-hydrogen) atoms. The lowest BCUT2D eigenvalue weighted by atomic mass is 9.79. The van der Waals surface area contributed by atoms with E-state index >= 15 is 0 Å². The summed E-state index contributed by atoms with van der Waals surface area (Å²) >= 11 is 0. The van der Waals surface area contributed by atoms with Crippen LogP contribution >= 0.6 is 0 Å². The summed E-state index contributed by atoms with van der Waals surface area (Å²) in [7, 11) is 0. The number of hydrogen-bond acceptors (Lipinski definition) is 2. The molecule has 0 saturated carbocycles. The molecule has 0 fully saturated rings. The van der Waals surface area contributed by atoms with E-state index in [1.165, 1.54) is 16.7 Å². The van der Waals surface area contributed by atoms with Gasteiger partial charge < -0.3 is 0 Å². The Morgan fingerprint density at radius 2 is 2.00 bits per heavy atom. The second kappa shape index (κ2) is 5.12. The van der Waals surface area contributed by atoms with Crippen LogP contribution in [0.5, 0.6) is 0 Å². The zero-order chi connectivity index (χ0) is 13.2. The number of aliphatic imine (C=N–C) groups is 1. The molecule has 0 amide bonds. The molecule has 0 spiro atoms. The molecule has 2 heteroatoms. The highest BCUT2D eigenvalue weighted by Gasteiger charge is 2.27. The molecular formula is C17H19NO. The van der Waals surface area contributed by atoms with Gasteiger partial charge in [-0.15, -0.1) is 0 Å². The average molecular weight is 253 g/mol. The first-order valence-corrected chi connectivity index (χ1v) is 7.06. The third-order valence-corrected chi connectivity index (χ3v) is 4.10. The standard InChI is InChI=1S/C17H19NO/c1-12-2-4-13(5-3-12)10-17-16-11-15(19)7-6-14(16)8-9-18-17/h2-5,11,14H,6-10H2,1H3. The van der Waals surface area contributed by atoms with Crippen molar-refractivity contribution in [1.29, 1.82) is 0 Å². The molecule has 2 aliphatic rings. The number of hydrogen-bond donors (Lipinski definition) is 0. The Kier molecular flexibility index (Phi) is 3.33. The van der Waals surface area contributed by atoms with Crippen molar-refractivity contribution >= 4 is 11.5 Å². The smallest absolute Gasteiger partial charge is 0.156 e. The van der Waals surface area contributed by atoms with Gasteiger partial charge in [-0.05, 0) is 42.9 Å². The van der Waals surface area contributed by atoms with Crippen LogP contribution in [0.25, 0.3) is 0 Å². The van der Waals surface area contributed by atoms with Gasteiger partial charge in [-0.25, -0.2) is 0 Å². The Bertz CT molecular complexity index is 551. The lowest BCUT2D eigenvalue weighted by Crippen LogP contribution is -2.26. The molecular weight excluding hydrogens is 234 g/mol. The number of rotatable bonds is 2. The quantitative estimate of drug-likeness (QED) is 0.795. The van der Waals surface area contributed by atoms with Gasteiger partial charge >= 0.3 is 0 Å². The molecule has 0 saturated heterocycles. The number of carbonyl (C=O) groups excluding carboxylic acids is 1. The lowest BCUT2D eigenvalue weighted by molar-refractivity contribution is -0.115. The molecule has 3 rings (SSSR count). The van der Waals surface area contributed by atoms with Crippen molar-refractivity contribution in [2.75, 3.05) is 6.54 Å². The van der Waals surface area contributed by atoms with Gasteiger partial charge in [0.25, 0.3) is 0 Å². The SMILES string of the molecule is Cc1ccc(CC2=NCCC3CCC(=O)C=C23)cc1. The van der Waals surface area contributed by atoms with Crippen LogP contribution in [0.1, 0.15) is 30.4 Å². The van der Waals surface area contributed by atoms with Crippen molar-refractivity contribution in [3.8, 4) is 0 Å². The Morgan fingerprint density at radius 1 is 1.21 bits per heavy atom. The summed E-state index contributed by atoms with van der Waals surface area (Å²) in [6.07, 6.45) is 5.54. The fourth-order valence-corrected chi connectivity index (χ4v) is 2.96. The Labute approximate surface area is 114 Å². The summed E-state index contributed by atoms with van der Waals surface area (Å²) in [6, 6.07) is 8.59. The fourth-order valence-electron chi connectivity index (χ4n) is 2.96. The molecule has 1 heterocycles. The maximum atomic E-state index is 11.6. The molecule has 1 aliphatic carbocycles. The summed E-state index contributed by atoms with van der Waals surface area (Å²) in [6.45, 7) is 3.01. The van der Waals surface area contributed by atoms with Crippen LogP contribution in [0.3, 0.4) is 0 Å². The molecule has 2 nitrogen and oxygen atoms in total. The first-order chi connectivity index (χ1) is 9.22. The van der Waals surface area contributed by atoms with Crippen molar-refractivity contribution in [2.24, 2.45) is 10.9 Å². The van der Waals surface area contributed by atoms with E-state index in [-0.39, 0.29) is 5.78 Å². The number of benzene rings is 1. The van der Waals surface area contributed by atoms with Gasteiger partial charge in [0.05, 0.1) is 0 Å². The topological polar surface area (TPSA) is 29.4 Å². The molecule has 1 unspecified atom stereocenters. The van der Waals surface area contributed by atoms with Crippen molar-refractivity contribution < 1.29 is 4.79 Å². The predicted molar refractivity (Wildman–Crippen MR) is 77.6 cm³/mol. The highest BCUT2D eigenvalue weighted by Crippen LogP contribution is 2.31. The zero-order valence-electron chi connectivity index (χ0n) is 11.4. The van der Waals surface area contributed by atoms with Crippen LogP contribution < -0.4 is 0 Å². The first kappa shape index (κ1) is 12.3. The summed E-state index contributed by atoms with van der Waals surface area (Å²) in [4.78, 5) is 16.3. The lowest BCUT2D eigenvalue weighted by Gasteiger charge is -2.28. The third kappa shape index (κ3) is 2.67. The average Bonchev–Trinajstić information content (AvgIpc) is 2.42. The number of aryl methyl sites for hydroxylation is 1. The van der Waals surface area contributed by atoms with Gasteiger partial charge in [0.1, 0.15) is 0 Å². The van der Waals surface area contributed by atoms with E-state index in [1.807, 2.05) is 6.08 Å². The number of ketones is 1. The van der Waals surface area contributed by atoms with Crippen molar-refractivity contribution in [1.82, 2.24) is 0 Å². The minimum absolute atomic E-state index is 0.268. The Balaban J connectivity index is 1.85. The van der Waals surface area contributed by atoms with E-state index in [2.05, 4.69) is 36.2 Å². The van der Waals surface area contributed by atoms with Crippen LogP contribution in [0, 0.1) is 12.8 Å². The molecule has 1 aliphatic heterocycles. The van der Waals surface area contributed by atoms with E-state index in [4.69, 9.17) is 0 Å². The second-order valence-corrected chi connectivity index (χ2v) is 5.58. The first-order valence-electron chi connectivity index (χ1n) is 7.06. The Hall–Kier alpha value is -1.70. The van der Waals surface area contributed by atoms with Crippen molar-refractivity contribution in [3.63, 3.8) is 0 Å². The summed E-state index contributed by atoms with van der Waals surface area (Å²) in [5.74, 6) is 0.834. The Morgan fingerprint density at radius 3 is 2.79 bits per heavy atom. The van der Waals surface area contributed by atoms with Crippen molar-refractivity contribution in [2.45, 2.75) is 32.6 Å². The molecule has 98 valence electrons. The maximum absolute atomic E-state index is 11.6. The minimum atomic E-state index is 0.268. The minimum Gasteiger partial charge on any atom is -0.295 e. The maximum Gasteiger partial charge on any atom is 0.156 e. The zero-order valence-corrected chi connectivity index (χ0v) is 11.4. The van der Waals surface area contributed by atoms with Crippen LogP contribution in [-0.2, 0) is 11.2 Å². The summed E-state index contributed by atoms with van der Waals surface area (Å²) in [5.41, 5.74) is 4.90. The molecule has 1 atom stereocenters. The van der Waals surface area contributed by atoms with E-state index in [1.54, 1.807) is 0 Å². The van der Waals surface area contributed by atoms with Gasteiger partial charge in [-0.3, -0.25) is 9.79 Å². The van der Waals surface area contributed by atoms with Crippen LogP contribution in [0.15, 0.2) is 40.9 Å². The summed E-state index contributed by atoms with van der Waals surface area (Å²) in [5, 5.41) is 0. The molecule has 0 N–H and O–H groups in total. The number of fused-ring (bicyclic) bond motifs is 1. The molecule has 1 aromatic rings. The van der Waals surface area contributed by atoms with Crippen LogP contribution in [0.4, 0.5) is 0 Å². The van der Waals surface area contributed by atoms with Gasteiger partial charge in [0, 0.05) is 25.1 Å². The third-order valence-electron chi connectivity index (χ3n) is 4.10. The highest BCUT2D eigenvalue weighted by molar-refractivity contribution is 6.08. The van der Waals surface area contributed by atoms with Gasteiger partial charge in [0.15, 0.2) is 5.78 Å². The second-order valence-electron chi connectivity index (χ2n) is 5.58.